The highest BCUT2D eigenvalue weighted by Gasteiger charge is 2.31. The molecule has 0 heterocycles. The lowest BCUT2D eigenvalue weighted by atomic mass is 10.1. The van der Waals surface area contributed by atoms with Crippen molar-refractivity contribution in [1.29, 1.82) is 0 Å². The summed E-state index contributed by atoms with van der Waals surface area (Å²) in [4.78, 5) is 12.4. The number of halogens is 4. The van der Waals surface area contributed by atoms with E-state index in [1.165, 1.54) is 12.1 Å². The number of benzene rings is 3. The first kappa shape index (κ1) is 21.2. The number of alkyl halides is 3. The maximum atomic E-state index is 13.4. The fraction of sp³-hybridized carbons (Fsp3) is 0.136. The van der Waals surface area contributed by atoms with E-state index < -0.39 is 23.5 Å². The summed E-state index contributed by atoms with van der Waals surface area (Å²) in [5.41, 5.74) is -1.21. The van der Waals surface area contributed by atoms with Crippen molar-refractivity contribution in [3.8, 4) is 17.2 Å². The van der Waals surface area contributed by atoms with Crippen LogP contribution in [0.25, 0.3) is 0 Å². The first-order valence-electron chi connectivity index (χ1n) is 8.95. The molecule has 156 valence electrons. The predicted octanol–water partition coefficient (Wildman–Crippen LogP) is 6.29. The molecular weight excluding hydrogens is 402 g/mol. The second-order valence-corrected chi connectivity index (χ2v) is 6.18. The number of carbonyl (C=O) groups is 1. The summed E-state index contributed by atoms with van der Waals surface area (Å²) in [5.74, 6) is -0.476. The van der Waals surface area contributed by atoms with Crippen LogP contribution in [0.15, 0.2) is 66.7 Å². The summed E-state index contributed by atoms with van der Waals surface area (Å²) >= 11 is 0. The van der Waals surface area contributed by atoms with E-state index in [4.69, 9.17) is 9.47 Å². The van der Waals surface area contributed by atoms with E-state index in [-0.39, 0.29) is 17.0 Å². The molecule has 0 aliphatic rings. The van der Waals surface area contributed by atoms with Crippen molar-refractivity contribution < 1.29 is 31.8 Å². The van der Waals surface area contributed by atoms with Crippen LogP contribution in [0.1, 0.15) is 22.8 Å². The van der Waals surface area contributed by atoms with Crippen LogP contribution >= 0.6 is 0 Å². The lowest BCUT2D eigenvalue weighted by Gasteiger charge is -2.15. The van der Waals surface area contributed by atoms with E-state index >= 15 is 0 Å². The zero-order valence-electron chi connectivity index (χ0n) is 15.8. The molecular formula is C22H17F4NO3. The van der Waals surface area contributed by atoms with Crippen LogP contribution in [0, 0.1) is 5.82 Å². The monoisotopic (exact) mass is 419 g/mol. The van der Waals surface area contributed by atoms with Crippen molar-refractivity contribution in [2.45, 2.75) is 13.1 Å². The normalized spacial score (nSPS) is 11.1. The lowest BCUT2D eigenvalue weighted by molar-refractivity contribution is -0.137. The van der Waals surface area contributed by atoms with Gasteiger partial charge in [0, 0.05) is 5.56 Å². The third-order valence-corrected chi connectivity index (χ3v) is 4.00. The first-order chi connectivity index (χ1) is 14.3. The molecule has 0 fully saturated rings. The summed E-state index contributed by atoms with van der Waals surface area (Å²) in [6, 6.07) is 14.0. The number of anilines is 1. The van der Waals surface area contributed by atoms with Gasteiger partial charge in [0.05, 0.1) is 17.9 Å². The van der Waals surface area contributed by atoms with E-state index in [0.717, 1.165) is 30.3 Å². The van der Waals surface area contributed by atoms with Gasteiger partial charge < -0.3 is 14.8 Å². The Balaban J connectivity index is 1.91. The van der Waals surface area contributed by atoms with Gasteiger partial charge in [-0.3, -0.25) is 4.79 Å². The van der Waals surface area contributed by atoms with Crippen LogP contribution in [0.5, 0.6) is 17.2 Å². The van der Waals surface area contributed by atoms with Crippen molar-refractivity contribution in [1.82, 2.24) is 0 Å². The molecule has 0 saturated heterocycles. The van der Waals surface area contributed by atoms with Gasteiger partial charge in [-0.2, -0.15) is 13.2 Å². The van der Waals surface area contributed by atoms with Gasteiger partial charge in [-0.25, -0.2) is 4.39 Å². The maximum Gasteiger partial charge on any atom is 0.416 e. The Labute approximate surface area is 170 Å². The highest BCUT2D eigenvalue weighted by atomic mass is 19.4. The Morgan fingerprint density at radius 1 is 0.967 bits per heavy atom. The SMILES string of the molecule is CCOc1ccc(Oc2ccc(C(F)(F)F)cc2NC(=O)c2cccc(F)c2)cc1. The molecule has 4 nitrogen and oxygen atoms in total. The Bertz CT molecular complexity index is 1030. The van der Waals surface area contributed by atoms with E-state index in [2.05, 4.69) is 5.32 Å². The van der Waals surface area contributed by atoms with Crippen LogP contribution < -0.4 is 14.8 Å². The van der Waals surface area contributed by atoms with Gasteiger partial charge in [0.25, 0.3) is 5.91 Å². The average Bonchev–Trinajstić information content (AvgIpc) is 2.70. The average molecular weight is 419 g/mol. The Morgan fingerprint density at radius 3 is 2.30 bits per heavy atom. The standard InChI is InChI=1S/C22H17F4NO3/c1-2-29-17-7-9-18(10-8-17)30-20-11-6-15(22(24,25)26)13-19(20)27-21(28)14-4-3-5-16(23)12-14/h3-13H,2H2,1H3,(H,27,28). The first-order valence-corrected chi connectivity index (χ1v) is 8.95. The van der Waals surface area contributed by atoms with Gasteiger partial charge in [-0.1, -0.05) is 6.07 Å². The molecule has 0 aromatic heterocycles. The number of carbonyl (C=O) groups excluding carboxylic acids is 1. The molecule has 8 heteroatoms. The summed E-state index contributed by atoms with van der Waals surface area (Å²) in [7, 11) is 0. The van der Waals surface area contributed by atoms with Crippen LogP contribution in [-0.4, -0.2) is 12.5 Å². The van der Waals surface area contributed by atoms with E-state index in [0.29, 0.717) is 18.1 Å². The molecule has 3 aromatic carbocycles. The summed E-state index contributed by atoms with van der Waals surface area (Å²) in [5, 5.41) is 2.36. The highest BCUT2D eigenvalue weighted by Crippen LogP contribution is 2.37. The van der Waals surface area contributed by atoms with Gasteiger partial charge >= 0.3 is 6.18 Å². The second kappa shape index (κ2) is 8.86. The van der Waals surface area contributed by atoms with E-state index in [1.54, 1.807) is 24.3 Å². The smallest absolute Gasteiger partial charge is 0.416 e. The summed E-state index contributed by atoms with van der Waals surface area (Å²) in [6.07, 6.45) is -4.62. The molecule has 30 heavy (non-hydrogen) atoms. The van der Waals surface area contributed by atoms with Crippen molar-refractivity contribution in [2.75, 3.05) is 11.9 Å². The van der Waals surface area contributed by atoms with E-state index in [1.807, 2.05) is 6.92 Å². The quantitative estimate of drug-likeness (QED) is 0.478. The third-order valence-electron chi connectivity index (χ3n) is 4.00. The fourth-order valence-electron chi connectivity index (χ4n) is 2.61. The Kier molecular flexibility index (Phi) is 6.25. The van der Waals surface area contributed by atoms with Gasteiger partial charge in [-0.15, -0.1) is 0 Å². The van der Waals surface area contributed by atoms with Gasteiger partial charge in [0.15, 0.2) is 5.75 Å². The van der Waals surface area contributed by atoms with Crippen molar-refractivity contribution in [2.24, 2.45) is 0 Å². The van der Waals surface area contributed by atoms with Crippen LogP contribution in [0.3, 0.4) is 0 Å². The molecule has 1 N–H and O–H groups in total. The molecule has 0 spiro atoms. The molecule has 3 aromatic rings. The Hall–Kier alpha value is -3.55. The Morgan fingerprint density at radius 2 is 1.67 bits per heavy atom. The van der Waals surface area contributed by atoms with E-state index in [9.17, 15) is 22.4 Å². The summed E-state index contributed by atoms with van der Waals surface area (Å²) in [6.45, 7) is 2.32. The summed E-state index contributed by atoms with van der Waals surface area (Å²) < 4.78 is 63.8. The van der Waals surface area contributed by atoms with Gasteiger partial charge in [0.1, 0.15) is 17.3 Å². The molecule has 0 aliphatic heterocycles. The number of nitrogens with one attached hydrogen (secondary N) is 1. The number of hydrogen-bond donors (Lipinski definition) is 1. The minimum absolute atomic E-state index is 0.00286. The molecule has 1 amide bonds. The molecule has 0 bridgehead atoms. The molecule has 0 atom stereocenters. The number of rotatable bonds is 6. The third kappa shape index (κ3) is 5.28. The molecule has 3 rings (SSSR count). The van der Waals surface area contributed by atoms with Gasteiger partial charge in [-0.05, 0) is 67.6 Å². The zero-order chi connectivity index (χ0) is 21.7. The lowest BCUT2D eigenvalue weighted by Crippen LogP contribution is -2.14. The zero-order valence-corrected chi connectivity index (χ0v) is 15.8. The van der Waals surface area contributed by atoms with Crippen molar-refractivity contribution in [3.63, 3.8) is 0 Å². The molecule has 0 aliphatic carbocycles. The van der Waals surface area contributed by atoms with Gasteiger partial charge in [0.2, 0.25) is 0 Å². The number of amides is 1. The highest BCUT2D eigenvalue weighted by molar-refractivity contribution is 6.05. The molecule has 0 unspecified atom stereocenters. The molecule has 0 radical (unpaired) electrons. The maximum absolute atomic E-state index is 13.4. The van der Waals surface area contributed by atoms with Crippen LogP contribution in [-0.2, 0) is 6.18 Å². The van der Waals surface area contributed by atoms with Crippen molar-refractivity contribution >= 4 is 11.6 Å². The number of ether oxygens (including phenoxy) is 2. The van der Waals surface area contributed by atoms with Crippen molar-refractivity contribution in [3.05, 3.63) is 83.7 Å². The molecule has 0 saturated carbocycles. The predicted molar refractivity (Wildman–Crippen MR) is 103 cm³/mol. The fourth-order valence-corrected chi connectivity index (χ4v) is 2.61. The largest absolute Gasteiger partial charge is 0.494 e. The minimum atomic E-state index is -4.62. The second-order valence-electron chi connectivity index (χ2n) is 6.18. The topological polar surface area (TPSA) is 47.6 Å². The van der Waals surface area contributed by atoms with Crippen LogP contribution in [0.4, 0.5) is 23.2 Å². The minimum Gasteiger partial charge on any atom is -0.494 e. The number of hydrogen-bond acceptors (Lipinski definition) is 3. The van der Waals surface area contributed by atoms with Crippen LogP contribution in [0.2, 0.25) is 0 Å².